The second-order valence-corrected chi connectivity index (χ2v) is 3.19. The lowest BCUT2D eigenvalue weighted by molar-refractivity contribution is -0.122. The van der Waals surface area contributed by atoms with Crippen LogP contribution in [0.2, 0.25) is 0 Å². The van der Waals surface area contributed by atoms with Gasteiger partial charge in [-0.25, -0.2) is 0 Å². The number of rotatable bonds is 1. The molecule has 0 aromatic rings. The van der Waals surface area contributed by atoms with Gasteiger partial charge in [0.15, 0.2) is 0 Å². The number of nitrogens with one attached hydrogen (secondary N) is 1. The van der Waals surface area contributed by atoms with Gasteiger partial charge in [0.05, 0.1) is 0 Å². The Balaban J connectivity index is 2.47. The van der Waals surface area contributed by atoms with Crippen LogP contribution in [0.4, 0.5) is 0 Å². The summed E-state index contributed by atoms with van der Waals surface area (Å²) in [5.74, 6) is 1.21. The minimum absolute atomic E-state index is 0.321. The average molecular weight is 141 g/mol. The summed E-state index contributed by atoms with van der Waals surface area (Å²) in [6.07, 6.45) is 1.02. The molecule has 1 rings (SSSR count). The highest BCUT2D eigenvalue weighted by molar-refractivity contribution is 5.78. The van der Waals surface area contributed by atoms with Gasteiger partial charge in [-0.2, -0.15) is 0 Å². The number of Topliss-reactive ketones (excluding diaryl/α,β-unsaturated/α-hetero) is 1. The summed E-state index contributed by atoms with van der Waals surface area (Å²) in [7, 11) is 0. The topological polar surface area (TPSA) is 29.1 Å². The molecule has 0 bridgehead atoms. The Kier molecular flexibility index (Phi) is 2.44. The standard InChI is InChI=1S/C8H15NO/c1-6-5-9-4-3-8(6)7(2)10/h6,8-9H,3-5H2,1-2H3. The number of piperidine rings is 1. The molecule has 2 heteroatoms. The van der Waals surface area contributed by atoms with E-state index in [9.17, 15) is 4.79 Å². The molecule has 1 heterocycles. The molecule has 0 aromatic carbocycles. The molecule has 1 N–H and O–H groups in total. The molecule has 1 saturated heterocycles. The molecular weight excluding hydrogens is 126 g/mol. The highest BCUT2D eigenvalue weighted by Gasteiger charge is 2.24. The van der Waals surface area contributed by atoms with Crippen molar-refractivity contribution in [3.05, 3.63) is 0 Å². The minimum atomic E-state index is 0.321. The van der Waals surface area contributed by atoms with E-state index >= 15 is 0 Å². The van der Waals surface area contributed by atoms with E-state index in [1.165, 1.54) is 0 Å². The fourth-order valence-corrected chi connectivity index (χ4v) is 1.62. The molecule has 58 valence electrons. The third-order valence-electron chi connectivity index (χ3n) is 2.31. The quantitative estimate of drug-likeness (QED) is 0.585. The van der Waals surface area contributed by atoms with Gasteiger partial charge in [0.2, 0.25) is 0 Å². The Morgan fingerprint density at radius 3 is 2.70 bits per heavy atom. The van der Waals surface area contributed by atoms with Crippen molar-refractivity contribution in [2.75, 3.05) is 13.1 Å². The number of hydrogen-bond donors (Lipinski definition) is 1. The Morgan fingerprint density at radius 2 is 2.30 bits per heavy atom. The Bertz CT molecular complexity index is 133. The summed E-state index contributed by atoms with van der Waals surface area (Å²) in [5, 5.41) is 3.27. The monoisotopic (exact) mass is 141 g/mol. The van der Waals surface area contributed by atoms with Crippen LogP contribution in [0.5, 0.6) is 0 Å². The first kappa shape index (κ1) is 7.73. The van der Waals surface area contributed by atoms with Gasteiger partial charge in [-0.1, -0.05) is 6.92 Å². The van der Waals surface area contributed by atoms with E-state index < -0.39 is 0 Å². The maximum absolute atomic E-state index is 11.0. The molecule has 1 aliphatic rings. The van der Waals surface area contributed by atoms with E-state index in [1.807, 2.05) is 0 Å². The van der Waals surface area contributed by atoms with Gasteiger partial charge in [0.1, 0.15) is 5.78 Å². The van der Waals surface area contributed by atoms with Crippen molar-refractivity contribution >= 4 is 5.78 Å². The van der Waals surface area contributed by atoms with Crippen LogP contribution in [0.3, 0.4) is 0 Å². The zero-order valence-corrected chi connectivity index (χ0v) is 6.68. The van der Waals surface area contributed by atoms with Crippen LogP contribution < -0.4 is 5.32 Å². The van der Waals surface area contributed by atoms with Crippen LogP contribution >= 0.6 is 0 Å². The van der Waals surface area contributed by atoms with Gasteiger partial charge in [-0.05, 0) is 32.4 Å². The van der Waals surface area contributed by atoms with Crippen LogP contribution in [0, 0.1) is 11.8 Å². The molecule has 2 nitrogen and oxygen atoms in total. The zero-order valence-electron chi connectivity index (χ0n) is 6.68. The number of carbonyl (C=O) groups excluding carboxylic acids is 1. The van der Waals surface area contributed by atoms with Crippen molar-refractivity contribution in [3.63, 3.8) is 0 Å². The minimum Gasteiger partial charge on any atom is -0.316 e. The van der Waals surface area contributed by atoms with Gasteiger partial charge < -0.3 is 5.32 Å². The molecule has 2 unspecified atom stereocenters. The van der Waals surface area contributed by atoms with E-state index in [0.29, 0.717) is 17.6 Å². The van der Waals surface area contributed by atoms with Crippen molar-refractivity contribution in [2.45, 2.75) is 20.3 Å². The van der Waals surface area contributed by atoms with Crippen molar-refractivity contribution in [3.8, 4) is 0 Å². The van der Waals surface area contributed by atoms with E-state index in [4.69, 9.17) is 0 Å². The van der Waals surface area contributed by atoms with Gasteiger partial charge in [0.25, 0.3) is 0 Å². The molecule has 1 fully saturated rings. The zero-order chi connectivity index (χ0) is 7.56. The van der Waals surface area contributed by atoms with Crippen molar-refractivity contribution in [2.24, 2.45) is 11.8 Å². The van der Waals surface area contributed by atoms with Crippen LogP contribution in [0.1, 0.15) is 20.3 Å². The summed E-state index contributed by atoms with van der Waals surface area (Å²) < 4.78 is 0. The molecule has 0 amide bonds. The van der Waals surface area contributed by atoms with E-state index in [0.717, 1.165) is 19.5 Å². The molecule has 0 aliphatic carbocycles. The Labute approximate surface area is 62.0 Å². The third kappa shape index (κ3) is 1.57. The molecule has 1 aliphatic heterocycles. The summed E-state index contributed by atoms with van der Waals surface area (Å²) in [5.41, 5.74) is 0. The van der Waals surface area contributed by atoms with Crippen LogP contribution in [0.15, 0.2) is 0 Å². The second-order valence-electron chi connectivity index (χ2n) is 3.19. The Hall–Kier alpha value is -0.370. The second kappa shape index (κ2) is 3.15. The van der Waals surface area contributed by atoms with Crippen LogP contribution in [0.25, 0.3) is 0 Å². The van der Waals surface area contributed by atoms with Crippen LogP contribution in [-0.4, -0.2) is 18.9 Å². The van der Waals surface area contributed by atoms with Gasteiger partial charge in [0, 0.05) is 5.92 Å². The third-order valence-corrected chi connectivity index (χ3v) is 2.31. The number of carbonyl (C=O) groups is 1. The van der Waals surface area contributed by atoms with E-state index in [2.05, 4.69) is 12.2 Å². The lowest BCUT2D eigenvalue weighted by Crippen LogP contribution is -2.37. The summed E-state index contributed by atoms with van der Waals surface area (Å²) in [6, 6.07) is 0. The molecular formula is C8H15NO. The smallest absolute Gasteiger partial charge is 0.133 e. The molecule has 0 aromatic heterocycles. The lowest BCUT2D eigenvalue weighted by atomic mass is 9.85. The van der Waals surface area contributed by atoms with Gasteiger partial charge in [-0.15, -0.1) is 0 Å². The fourth-order valence-electron chi connectivity index (χ4n) is 1.62. The fraction of sp³-hybridized carbons (Fsp3) is 0.875. The predicted molar refractivity (Wildman–Crippen MR) is 40.8 cm³/mol. The highest BCUT2D eigenvalue weighted by Crippen LogP contribution is 2.18. The summed E-state index contributed by atoms with van der Waals surface area (Å²) in [4.78, 5) is 11.0. The molecule has 2 atom stereocenters. The van der Waals surface area contributed by atoms with Crippen molar-refractivity contribution < 1.29 is 4.79 Å². The Morgan fingerprint density at radius 1 is 1.60 bits per heavy atom. The predicted octanol–water partition coefficient (Wildman–Crippen LogP) is 0.821. The largest absolute Gasteiger partial charge is 0.316 e. The number of ketones is 1. The molecule has 10 heavy (non-hydrogen) atoms. The number of hydrogen-bond acceptors (Lipinski definition) is 2. The first-order valence-electron chi connectivity index (χ1n) is 3.93. The maximum Gasteiger partial charge on any atom is 0.133 e. The van der Waals surface area contributed by atoms with E-state index in [-0.39, 0.29) is 0 Å². The summed E-state index contributed by atoms with van der Waals surface area (Å²) >= 11 is 0. The molecule has 0 radical (unpaired) electrons. The first-order chi connectivity index (χ1) is 4.72. The average Bonchev–Trinajstić information content (AvgIpc) is 1.88. The van der Waals surface area contributed by atoms with Crippen LogP contribution in [-0.2, 0) is 4.79 Å². The van der Waals surface area contributed by atoms with Crippen molar-refractivity contribution in [1.82, 2.24) is 5.32 Å². The van der Waals surface area contributed by atoms with Crippen molar-refractivity contribution in [1.29, 1.82) is 0 Å². The van der Waals surface area contributed by atoms with Gasteiger partial charge >= 0.3 is 0 Å². The highest BCUT2D eigenvalue weighted by atomic mass is 16.1. The van der Waals surface area contributed by atoms with Gasteiger partial charge in [-0.3, -0.25) is 4.79 Å². The van der Waals surface area contributed by atoms with E-state index in [1.54, 1.807) is 6.92 Å². The normalized spacial score (nSPS) is 33.8. The lowest BCUT2D eigenvalue weighted by Gasteiger charge is -2.27. The first-order valence-corrected chi connectivity index (χ1v) is 3.93. The molecule has 0 saturated carbocycles. The maximum atomic E-state index is 11.0. The summed E-state index contributed by atoms with van der Waals surface area (Å²) in [6.45, 7) is 5.85. The molecule has 0 spiro atoms. The SMILES string of the molecule is CC(=O)C1CCNCC1C.